The van der Waals surface area contributed by atoms with Gasteiger partial charge in [0.1, 0.15) is 6.54 Å². The molecule has 0 unspecified atom stereocenters. The van der Waals surface area contributed by atoms with Gasteiger partial charge >= 0.3 is 0 Å². The summed E-state index contributed by atoms with van der Waals surface area (Å²) >= 11 is 0. The second kappa shape index (κ2) is 5.84. The van der Waals surface area contributed by atoms with Crippen molar-refractivity contribution in [3.05, 3.63) is 47.6 Å². The summed E-state index contributed by atoms with van der Waals surface area (Å²) in [5.74, 6) is 1.02. The number of aliphatic hydroxyl groups is 1. The van der Waals surface area contributed by atoms with Gasteiger partial charge in [-0.15, -0.1) is 5.10 Å². The minimum atomic E-state index is 0.0524. The maximum Gasteiger partial charge on any atom is 0.248 e. The Balaban J connectivity index is 1.73. The smallest absolute Gasteiger partial charge is 0.248 e. The lowest BCUT2D eigenvalue weighted by atomic mass is 10.1. The van der Waals surface area contributed by atoms with Gasteiger partial charge in [0.25, 0.3) is 0 Å². The molecule has 1 N–H and O–H groups in total. The number of aromatic nitrogens is 5. The summed E-state index contributed by atoms with van der Waals surface area (Å²) in [4.78, 5) is 4.34. The largest absolute Gasteiger partial charge is 0.396 e. The SMILES string of the molecule is Cc1ccc(-c2noc(Cn3cc(CCO)nn3)n2)cc1. The van der Waals surface area contributed by atoms with Crippen molar-refractivity contribution in [3.8, 4) is 11.4 Å². The van der Waals surface area contributed by atoms with Crippen LogP contribution in [0.15, 0.2) is 35.0 Å². The number of rotatable bonds is 5. The van der Waals surface area contributed by atoms with Crippen LogP contribution in [0.1, 0.15) is 17.1 Å². The van der Waals surface area contributed by atoms with Crippen LogP contribution in [0.25, 0.3) is 11.4 Å². The minimum Gasteiger partial charge on any atom is -0.396 e. The molecule has 0 aliphatic heterocycles. The van der Waals surface area contributed by atoms with Crippen molar-refractivity contribution in [2.45, 2.75) is 19.9 Å². The van der Waals surface area contributed by atoms with E-state index < -0.39 is 0 Å². The third kappa shape index (κ3) is 3.14. The molecule has 7 heteroatoms. The number of aryl methyl sites for hydroxylation is 1. The van der Waals surface area contributed by atoms with Gasteiger partial charge in [0.2, 0.25) is 11.7 Å². The Labute approximate surface area is 121 Å². The Morgan fingerprint density at radius 2 is 2.05 bits per heavy atom. The fourth-order valence-electron chi connectivity index (χ4n) is 1.92. The van der Waals surface area contributed by atoms with Crippen molar-refractivity contribution in [2.24, 2.45) is 0 Å². The van der Waals surface area contributed by atoms with E-state index in [2.05, 4.69) is 20.5 Å². The molecule has 1 aromatic carbocycles. The van der Waals surface area contributed by atoms with Crippen LogP contribution in [0, 0.1) is 6.92 Å². The summed E-state index contributed by atoms with van der Waals surface area (Å²) in [7, 11) is 0. The van der Waals surface area contributed by atoms with Crippen LogP contribution in [0.3, 0.4) is 0 Å². The topological polar surface area (TPSA) is 89.9 Å². The van der Waals surface area contributed by atoms with E-state index >= 15 is 0 Å². The lowest BCUT2D eigenvalue weighted by Crippen LogP contribution is -2.00. The molecule has 0 aliphatic carbocycles. The normalized spacial score (nSPS) is 11.0. The van der Waals surface area contributed by atoms with Crippen LogP contribution >= 0.6 is 0 Å². The number of hydrogen-bond acceptors (Lipinski definition) is 6. The Bertz CT molecular complexity index is 717. The molecule has 7 nitrogen and oxygen atoms in total. The number of nitrogens with zero attached hydrogens (tertiary/aromatic N) is 5. The molecule has 108 valence electrons. The van der Waals surface area contributed by atoms with E-state index in [1.807, 2.05) is 31.2 Å². The Morgan fingerprint density at radius 3 is 2.81 bits per heavy atom. The molecule has 2 aromatic heterocycles. The third-order valence-electron chi connectivity index (χ3n) is 3.03. The maximum absolute atomic E-state index is 8.85. The first kappa shape index (κ1) is 13.4. The van der Waals surface area contributed by atoms with Crippen LogP contribution in [-0.4, -0.2) is 36.8 Å². The number of benzene rings is 1. The fourth-order valence-corrected chi connectivity index (χ4v) is 1.92. The molecule has 3 rings (SSSR count). The van der Waals surface area contributed by atoms with Crippen molar-refractivity contribution in [2.75, 3.05) is 6.61 Å². The first-order valence-corrected chi connectivity index (χ1v) is 6.64. The van der Waals surface area contributed by atoms with E-state index in [0.29, 0.717) is 24.7 Å². The lowest BCUT2D eigenvalue weighted by molar-refractivity contribution is 0.298. The van der Waals surface area contributed by atoms with E-state index in [0.717, 1.165) is 11.3 Å². The molecule has 0 spiro atoms. The van der Waals surface area contributed by atoms with Gasteiger partial charge in [-0.25, -0.2) is 4.68 Å². The quantitative estimate of drug-likeness (QED) is 0.758. The van der Waals surface area contributed by atoms with E-state index in [-0.39, 0.29) is 6.61 Å². The van der Waals surface area contributed by atoms with E-state index in [1.165, 1.54) is 5.56 Å². The van der Waals surface area contributed by atoms with Gasteiger partial charge in [0.15, 0.2) is 0 Å². The highest BCUT2D eigenvalue weighted by Crippen LogP contribution is 2.16. The van der Waals surface area contributed by atoms with Crippen molar-refractivity contribution in [1.82, 2.24) is 25.1 Å². The molecule has 2 heterocycles. The van der Waals surface area contributed by atoms with Crippen molar-refractivity contribution in [3.63, 3.8) is 0 Å². The predicted molar refractivity (Wildman–Crippen MR) is 74.4 cm³/mol. The van der Waals surface area contributed by atoms with Gasteiger partial charge in [-0.05, 0) is 6.92 Å². The van der Waals surface area contributed by atoms with Gasteiger partial charge in [0, 0.05) is 24.8 Å². The van der Waals surface area contributed by atoms with E-state index in [1.54, 1.807) is 10.9 Å². The molecule has 0 atom stereocenters. The van der Waals surface area contributed by atoms with Gasteiger partial charge < -0.3 is 9.63 Å². The average Bonchev–Trinajstić information content (AvgIpc) is 3.11. The van der Waals surface area contributed by atoms with Crippen molar-refractivity contribution in [1.29, 1.82) is 0 Å². The average molecular weight is 285 g/mol. The fraction of sp³-hybridized carbons (Fsp3) is 0.286. The highest BCUT2D eigenvalue weighted by Gasteiger charge is 2.10. The van der Waals surface area contributed by atoms with Crippen LogP contribution < -0.4 is 0 Å². The van der Waals surface area contributed by atoms with Gasteiger partial charge in [0.05, 0.1) is 5.69 Å². The molecule has 0 aliphatic rings. The molecule has 21 heavy (non-hydrogen) atoms. The zero-order valence-corrected chi connectivity index (χ0v) is 11.6. The second-order valence-corrected chi connectivity index (χ2v) is 4.76. The standard InChI is InChI=1S/C14H15N5O2/c1-10-2-4-11(5-3-10)14-15-13(21-17-14)9-19-8-12(6-7-20)16-18-19/h2-5,8,20H,6-7,9H2,1H3. The highest BCUT2D eigenvalue weighted by molar-refractivity contribution is 5.54. The summed E-state index contributed by atoms with van der Waals surface area (Å²) < 4.78 is 6.83. The molecule has 0 saturated carbocycles. The van der Waals surface area contributed by atoms with Crippen LogP contribution in [0.2, 0.25) is 0 Å². The molecular weight excluding hydrogens is 270 g/mol. The van der Waals surface area contributed by atoms with Gasteiger partial charge in [-0.3, -0.25) is 0 Å². The summed E-state index contributed by atoms with van der Waals surface area (Å²) in [6.07, 6.45) is 2.24. The maximum atomic E-state index is 8.85. The zero-order valence-electron chi connectivity index (χ0n) is 11.6. The molecule has 3 aromatic rings. The zero-order chi connectivity index (χ0) is 14.7. The monoisotopic (exact) mass is 285 g/mol. The highest BCUT2D eigenvalue weighted by atomic mass is 16.5. The van der Waals surface area contributed by atoms with Crippen molar-refractivity contribution >= 4 is 0 Å². The second-order valence-electron chi connectivity index (χ2n) is 4.76. The van der Waals surface area contributed by atoms with Crippen molar-refractivity contribution < 1.29 is 9.63 Å². The first-order valence-electron chi connectivity index (χ1n) is 6.64. The molecular formula is C14H15N5O2. The molecule has 0 radical (unpaired) electrons. The Hall–Kier alpha value is -2.54. The van der Waals surface area contributed by atoms with Crippen LogP contribution in [-0.2, 0) is 13.0 Å². The lowest BCUT2D eigenvalue weighted by Gasteiger charge is -1.94. The summed E-state index contributed by atoms with van der Waals surface area (Å²) in [5.41, 5.74) is 2.83. The summed E-state index contributed by atoms with van der Waals surface area (Å²) in [6.45, 7) is 2.44. The molecule has 0 fully saturated rings. The predicted octanol–water partition coefficient (Wildman–Crippen LogP) is 1.22. The van der Waals surface area contributed by atoms with E-state index in [9.17, 15) is 0 Å². The molecule has 0 saturated heterocycles. The van der Waals surface area contributed by atoms with Crippen LogP contribution in [0.5, 0.6) is 0 Å². The number of aliphatic hydroxyl groups excluding tert-OH is 1. The number of hydrogen-bond donors (Lipinski definition) is 1. The summed E-state index contributed by atoms with van der Waals surface area (Å²) in [6, 6.07) is 7.92. The summed E-state index contributed by atoms with van der Waals surface area (Å²) in [5, 5.41) is 20.7. The third-order valence-corrected chi connectivity index (χ3v) is 3.03. The van der Waals surface area contributed by atoms with Crippen LogP contribution in [0.4, 0.5) is 0 Å². The minimum absolute atomic E-state index is 0.0524. The van der Waals surface area contributed by atoms with Gasteiger partial charge in [-0.1, -0.05) is 40.2 Å². The molecule has 0 bridgehead atoms. The Kier molecular flexibility index (Phi) is 3.74. The first-order chi connectivity index (χ1) is 10.2. The molecule has 0 amide bonds. The Morgan fingerprint density at radius 1 is 1.24 bits per heavy atom. The van der Waals surface area contributed by atoms with E-state index in [4.69, 9.17) is 9.63 Å². The van der Waals surface area contributed by atoms with Gasteiger partial charge in [-0.2, -0.15) is 4.98 Å².